The molecule has 90 valence electrons. The number of hydrogen-bond donors (Lipinski definition) is 2. The van der Waals surface area contributed by atoms with Gasteiger partial charge < -0.3 is 10.2 Å². The minimum atomic E-state index is 0.0518. The van der Waals surface area contributed by atoms with Gasteiger partial charge in [0.1, 0.15) is 5.82 Å². The lowest BCUT2D eigenvalue weighted by Crippen LogP contribution is -2.35. The average Bonchev–Trinajstić information content (AvgIpc) is 2.64. The first-order valence-corrected chi connectivity index (χ1v) is 5.46. The van der Waals surface area contributed by atoms with E-state index < -0.39 is 0 Å². The third-order valence-electron chi connectivity index (χ3n) is 2.15. The molecule has 0 bridgehead atoms. The zero-order valence-electron chi connectivity index (χ0n) is 10.1. The SMILES string of the molecule is CCCNCC(=O)N(C)Cc1n[nH]c(C)n1. The Morgan fingerprint density at radius 2 is 2.31 bits per heavy atom. The molecule has 6 heteroatoms. The Morgan fingerprint density at radius 3 is 2.88 bits per heavy atom. The second kappa shape index (κ2) is 6.22. The van der Waals surface area contributed by atoms with E-state index in [1.54, 1.807) is 11.9 Å². The van der Waals surface area contributed by atoms with Gasteiger partial charge in [0.25, 0.3) is 0 Å². The molecule has 6 nitrogen and oxygen atoms in total. The van der Waals surface area contributed by atoms with Crippen LogP contribution in [0.3, 0.4) is 0 Å². The van der Waals surface area contributed by atoms with Crippen LogP contribution in [0.15, 0.2) is 0 Å². The molecule has 0 fully saturated rings. The van der Waals surface area contributed by atoms with E-state index in [1.165, 1.54) is 0 Å². The van der Waals surface area contributed by atoms with Crippen LogP contribution in [0.5, 0.6) is 0 Å². The van der Waals surface area contributed by atoms with Gasteiger partial charge in [-0.1, -0.05) is 6.92 Å². The number of aromatic nitrogens is 3. The van der Waals surface area contributed by atoms with E-state index in [-0.39, 0.29) is 5.91 Å². The molecule has 0 atom stereocenters. The molecule has 2 N–H and O–H groups in total. The smallest absolute Gasteiger partial charge is 0.236 e. The van der Waals surface area contributed by atoms with Gasteiger partial charge in [-0.05, 0) is 19.9 Å². The molecule has 0 aliphatic rings. The number of nitrogens with one attached hydrogen (secondary N) is 2. The first-order valence-electron chi connectivity index (χ1n) is 5.46. The molecule has 0 spiro atoms. The van der Waals surface area contributed by atoms with Crippen LogP contribution in [0.2, 0.25) is 0 Å². The molecule has 0 aromatic carbocycles. The summed E-state index contributed by atoms with van der Waals surface area (Å²) in [5, 5.41) is 9.80. The van der Waals surface area contributed by atoms with Crippen molar-refractivity contribution in [2.75, 3.05) is 20.1 Å². The van der Waals surface area contributed by atoms with Crippen LogP contribution in [0, 0.1) is 6.92 Å². The highest BCUT2D eigenvalue weighted by atomic mass is 16.2. The quantitative estimate of drug-likeness (QED) is 0.672. The Kier molecular flexibility index (Phi) is 4.91. The predicted octanol–water partition coefficient (Wildman–Crippen LogP) is 0.0711. The third kappa shape index (κ3) is 3.98. The number of nitrogens with zero attached hydrogens (tertiary/aromatic N) is 3. The maximum Gasteiger partial charge on any atom is 0.236 e. The van der Waals surface area contributed by atoms with Crippen LogP contribution >= 0.6 is 0 Å². The number of carbonyl (C=O) groups excluding carboxylic acids is 1. The van der Waals surface area contributed by atoms with E-state index in [4.69, 9.17) is 0 Å². The molecular formula is C10H19N5O. The summed E-state index contributed by atoms with van der Waals surface area (Å²) in [6.45, 7) is 5.57. The van der Waals surface area contributed by atoms with Gasteiger partial charge in [-0.3, -0.25) is 9.89 Å². The predicted molar refractivity (Wildman–Crippen MR) is 60.8 cm³/mol. The van der Waals surface area contributed by atoms with Crippen LogP contribution < -0.4 is 5.32 Å². The summed E-state index contributed by atoms with van der Waals surface area (Å²) >= 11 is 0. The van der Waals surface area contributed by atoms with E-state index in [9.17, 15) is 4.79 Å². The van der Waals surface area contributed by atoms with E-state index in [1.807, 2.05) is 6.92 Å². The van der Waals surface area contributed by atoms with Crippen LogP contribution in [0.4, 0.5) is 0 Å². The number of H-pyrrole nitrogens is 1. The summed E-state index contributed by atoms with van der Waals surface area (Å²) in [5.74, 6) is 1.46. The van der Waals surface area contributed by atoms with Crippen LogP contribution in [0.25, 0.3) is 0 Å². The van der Waals surface area contributed by atoms with Crippen molar-refractivity contribution in [3.63, 3.8) is 0 Å². The number of likely N-dealkylation sites (N-methyl/N-ethyl adjacent to an activating group) is 1. The van der Waals surface area contributed by atoms with Crippen molar-refractivity contribution >= 4 is 5.91 Å². The standard InChI is InChI=1S/C10H19N5O/c1-4-5-11-6-10(16)15(3)7-9-12-8(2)13-14-9/h11H,4-7H2,1-3H3,(H,12,13,14). The largest absolute Gasteiger partial charge is 0.337 e. The molecule has 0 aliphatic heterocycles. The highest BCUT2D eigenvalue weighted by molar-refractivity contribution is 5.77. The first-order chi connectivity index (χ1) is 7.63. The van der Waals surface area contributed by atoms with Crippen LogP contribution in [-0.2, 0) is 11.3 Å². The monoisotopic (exact) mass is 225 g/mol. The van der Waals surface area contributed by atoms with Crippen molar-refractivity contribution in [2.24, 2.45) is 0 Å². The van der Waals surface area contributed by atoms with Crippen molar-refractivity contribution in [2.45, 2.75) is 26.8 Å². The lowest BCUT2D eigenvalue weighted by atomic mass is 10.4. The number of amides is 1. The summed E-state index contributed by atoms with van der Waals surface area (Å²) in [4.78, 5) is 17.4. The molecule has 1 aromatic rings. The summed E-state index contributed by atoms with van der Waals surface area (Å²) in [5.41, 5.74) is 0. The number of aromatic amines is 1. The second-order valence-corrected chi connectivity index (χ2v) is 3.76. The third-order valence-corrected chi connectivity index (χ3v) is 2.15. The molecule has 16 heavy (non-hydrogen) atoms. The van der Waals surface area contributed by atoms with Gasteiger partial charge in [0.05, 0.1) is 13.1 Å². The molecule has 0 aliphatic carbocycles. The lowest BCUT2D eigenvalue weighted by Gasteiger charge is -2.15. The van der Waals surface area contributed by atoms with Gasteiger partial charge in [-0.15, -0.1) is 0 Å². The molecule has 1 heterocycles. The summed E-state index contributed by atoms with van der Waals surface area (Å²) < 4.78 is 0. The van der Waals surface area contributed by atoms with Crippen molar-refractivity contribution < 1.29 is 4.79 Å². The second-order valence-electron chi connectivity index (χ2n) is 3.76. The van der Waals surface area contributed by atoms with Crippen LogP contribution in [-0.4, -0.2) is 46.1 Å². The molecule has 0 saturated carbocycles. The zero-order valence-corrected chi connectivity index (χ0v) is 10.1. The summed E-state index contributed by atoms with van der Waals surface area (Å²) in [7, 11) is 1.75. The van der Waals surface area contributed by atoms with Gasteiger partial charge in [0.15, 0.2) is 5.82 Å². The minimum absolute atomic E-state index is 0.0518. The van der Waals surface area contributed by atoms with E-state index >= 15 is 0 Å². The first kappa shape index (κ1) is 12.6. The fourth-order valence-electron chi connectivity index (χ4n) is 1.27. The van der Waals surface area contributed by atoms with Gasteiger partial charge in [-0.25, -0.2) is 4.98 Å². The number of carbonyl (C=O) groups is 1. The molecule has 1 aromatic heterocycles. The Labute approximate surface area is 95.4 Å². The van der Waals surface area contributed by atoms with Crippen molar-refractivity contribution in [1.29, 1.82) is 0 Å². The molecular weight excluding hydrogens is 206 g/mol. The molecule has 1 amide bonds. The fraction of sp³-hybridized carbons (Fsp3) is 0.700. The number of rotatable bonds is 6. The normalized spacial score (nSPS) is 10.4. The summed E-state index contributed by atoms with van der Waals surface area (Å²) in [6, 6.07) is 0. The van der Waals surface area contributed by atoms with Gasteiger partial charge in [0.2, 0.25) is 5.91 Å². The highest BCUT2D eigenvalue weighted by Gasteiger charge is 2.10. The maximum absolute atomic E-state index is 11.6. The topological polar surface area (TPSA) is 73.9 Å². The van der Waals surface area contributed by atoms with Crippen molar-refractivity contribution in [3.8, 4) is 0 Å². The summed E-state index contributed by atoms with van der Waals surface area (Å²) in [6.07, 6.45) is 1.02. The minimum Gasteiger partial charge on any atom is -0.337 e. The molecule has 1 rings (SSSR count). The van der Waals surface area contributed by atoms with Gasteiger partial charge in [-0.2, -0.15) is 5.10 Å². The van der Waals surface area contributed by atoms with Crippen molar-refractivity contribution in [3.05, 3.63) is 11.6 Å². The Hall–Kier alpha value is -1.43. The van der Waals surface area contributed by atoms with Crippen LogP contribution in [0.1, 0.15) is 25.0 Å². The molecule has 0 radical (unpaired) electrons. The highest BCUT2D eigenvalue weighted by Crippen LogP contribution is 1.96. The zero-order chi connectivity index (χ0) is 12.0. The van der Waals surface area contributed by atoms with E-state index in [0.717, 1.165) is 18.8 Å². The average molecular weight is 225 g/mol. The molecule has 0 unspecified atom stereocenters. The number of hydrogen-bond acceptors (Lipinski definition) is 4. The Balaban J connectivity index is 2.34. The van der Waals surface area contributed by atoms with Gasteiger partial charge in [0, 0.05) is 7.05 Å². The van der Waals surface area contributed by atoms with E-state index in [0.29, 0.717) is 18.9 Å². The fourth-order valence-corrected chi connectivity index (χ4v) is 1.27. The van der Waals surface area contributed by atoms with Crippen molar-refractivity contribution in [1.82, 2.24) is 25.4 Å². The Morgan fingerprint density at radius 1 is 1.56 bits per heavy atom. The maximum atomic E-state index is 11.6. The Bertz CT molecular complexity index is 336. The van der Waals surface area contributed by atoms with E-state index in [2.05, 4.69) is 27.4 Å². The lowest BCUT2D eigenvalue weighted by molar-refractivity contribution is -0.129. The van der Waals surface area contributed by atoms with Gasteiger partial charge >= 0.3 is 0 Å². The number of aryl methyl sites for hydroxylation is 1. The molecule has 0 saturated heterocycles.